The first-order valence-corrected chi connectivity index (χ1v) is 7.61. The smallest absolute Gasteiger partial charge is 0.254 e. The molecule has 1 aliphatic carbocycles. The second-order valence-electron chi connectivity index (χ2n) is 6.63. The zero-order valence-corrected chi connectivity index (χ0v) is 12.4. The van der Waals surface area contributed by atoms with Crippen molar-refractivity contribution < 1.29 is 13.5 Å². The number of halogens is 2. The average molecular weight is 275 g/mol. The van der Waals surface area contributed by atoms with E-state index in [4.69, 9.17) is 4.74 Å². The molecule has 0 amide bonds. The predicted molar refractivity (Wildman–Crippen MR) is 72.5 cm³/mol. The monoisotopic (exact) mass is 275 g/mol. The Labute approximate surface area is 115 Å². The van der Waals surface area contributed by atoms with Crippen LogP contribution in [0.4, 0.5) is 8.78 Å². The molecular weight excluding hydrogens is 248 g/mol. The quantitative estimate of drug-likeness (QED) is 0.760. The molecule has 1 saturated carbocycles. The highest BCUT2D eigenvalue weighted by Crippen LogP contribution is 2.46. The molecule has 1 aliphatic heterocycles. The molecule has 0 aromatic carbocycles. The van der Waals surface area contributed by atoms with Crippen molar-refractivity contribution >= 4 is 0 Å². The molecule has 1 saturated heterocycles. The third kappa shape index (κ3) is 3.27. The van der Waals surface area contributed by atoms with Gasteiger partial charge >= 0.3 is 0 Å². The predicted octanol–water partition coefficient (Wildman–Crippen LogP) is 3.56. The van der Waals surface area contributed by atoms with Gasteiger partial charge in [0.15, 0.2) is 0 Å². The molecule has 0 bridgehead atoms. The topological polar surface area (TPSA) is 12.5 Å². The molecule has 1 spiro atoms. The SMILES string of the molecule is CCOC1CCC2(CC1)CN(C(C(C)C)C(F)F)C2. The van der Waals surface area contributed by atoms with Crippen LogP contribution in [0.5, 0.6) is 0 Å². The Bertz CT molecular complexity index is 272. The van der Waals surface area contributed by atoms with E-state index in [9.17, 15) is 8.78 Å². The first-order valence-electron chi connectivity index (χ1n) is 7.61. The van der Waals surface area contributed by atoms with E-state index in [0.717, 1.165) is 45.4 Å². The van der Waals surface area contributed by atoms with Gasteiger partial charge in [-0.2, -0.15) is 0 Å². The molecule has 19 heavy (non-hydrogen) atoms. The van der Waals surface area contributed by atoms with E-state index in [-0.39, 0.29) is 5.92 Å². The molecule has 2 nitrogen and oxygen atoms in total. The van der Waals surface area contributed by atoms with Crippen molar-refractivity contribution in [2.75, 3.05) is 19.7 Å². The second-order valence-corrected chi connectivity index (χ2v) is 6.63. The van der Waals surface area contributed by atoms with E-state index in [1.807, 2.05) is 25.7 Å². The number of alkyl halides is 2. The van der Waals surface area contributed by atoms with Gasteiger partial charge in [0.25, 0.3) is 6.43 Å². The van der Waals surface area contributed by atoms with Crippen LogP contribution in [-0.2, 0) is 4.74 Å². The van der Waals surface area contributed by atoms with Crippen LogP contribution in [0.25, 0.3) is 0 Å². The number of nitrogens with zero attached hydrogens (tertiary/aromatic N) is 1. The maximum atomic E-state index is 13.1. The third-order valence-electron chi connectivity index (χ3n) is 4.84. The highest BCUT2D eigenvalue weighted by molar-refractivity contribution is 5.01. The average Bonchev–Trinajstić information content (AvgIpc) is 2.29. The van der Waals surface area contributed by atoms with Gasteiger partial charge in [0, 0.05) is 19.7 Å². The Kier molecular flexibility index (Phi) is 4.83. The normalized spacial score (nSPS) is 26.1. The lowest BCUT2D eigenvalue weighted by atomic mass is 9.67. The highest BCUT2D eigenvalue weighted by atomic mass is 19.3. The lowest BCUT2D eigenvalue weighted by molar-refractivity contribution is -0.122. The molecular formula is C15H27F2NO. The third-order valence-corrected chi connectivity index (χ3v) is 4.84. The first kappa shape index (κ1) is 15.2. The van der Waals surface area contributed by atoms with Crippen molar-refractivity contribution in [1.29, 1.82) is 0 Å². The van der Waals surface area contributed by atoms with E-state index in [2.05, 4.69) is 0 Å². The summed E-state index contributed by atoms with van der Waals surface area (Å²) in [4.78, 5) is 2.00. The summed E-state index contributed by atoms with van der Waals surface area (Å²) in [5.41, 5.74) is 0.315. The van der Waals surface area contributed by atoms with Gasteiger partial charge in [-0.25, -0.2) is 8.78 Å². The number of hydrogen-bond acceptors (Lipinski definition) is 2. The molecule has 1 atom stereocenters. The van der Waals surface area contributed by atoms with Crippen LogP contribution < -0.4 is 0 Å². The minimum atomic E-state index is -2.22. The molecule has 0 aromatic rings. The van der Waals surface area contributed by atoms with Gasteiger partial charge < -0.3 is 4.74 Å². The molecule has 1 heterocycles. The van der Waals surface area contributed by atoms with E-state index in [1.165, 1.54) is 0 Å². The number of likely N-dealkylation sites (tertiary alicyclic amines) is 1. The van der Waals surface area contributed by atoms with Crippen molar-refractivity contribution in [3.05, 3.63) is 0 Å². The van der Waals surface area contributed by atoms with E-state index >= 15 is 0 Å². The maximum Gasteiger partial charge on any atom is 0.254 e. The molecule has 2 rings (SSSR count). The van der Waals surface area contributed by atoms with E-state index < -0.39 is 12.5 Å². The lowest BCUT2D eigenvalue weighted by Crippen LogP contribution is -2.63. The molecule has 2 fully saturated rings. The van der Waals surface area contributed by atoms with Crippen molar-refractivity contribution in [3.63, 3.8) is 0 Å². The molecule has 1 unspecified atom stereocenters. The van der Waals surface area contributed by atoms with Crippen LogP contribution in [0.3, 0.4) is 0 Å². The molecule has 0 aromatic heterocycles. The zero-order valence-electron chi connectivity index (χ0n) is 12.4. The van der Waals surface area contributed by atoms with Gasteiger partial charge in [-0.1, -0.05) is 13.8 Å². The summed E-state index contributed by atoms with van der Waals surface area (Å²) in [5, 5.41) is 0. The van der Waals surface area contributed by atoms with Gasteiger partial charge in [0.1, 0.15) is 0 Å². The fraction of sp³-hybridized carbons (Fsp3) is 1.00. The Morgan fingerprint density at radius 2 is 1.79 bits per heavy atom. The molecule has 0 radical (unpaired) electrons. The highest BCUT2D eigenvalue weighted by Gasteiger charge is 2.49. The largest absolute Gasteiger partial charge is 0.379 e. The minimum absolute atomic E-state index is 0.0251. The molecule has 4 heteroatoms. The summed E-state index contributed by atoms with van der Waals surface area (Å²) in [6, 6.07) is -0.560. The zero-order chi connectivity index (χ0) is 14.0. The van der Waals surface area contributed by atoms with Crippen LogP contribution >= 0.6 is 0 Å². The maximum absolute atomic E-state index is 13.1. The Balaban J connectivity index is 1.82. The molecule has 2 aliphatic rings. The second kappa shape index (κ2) is 6.04. The van der Waals surface area contributed by atoms with Crippen molar-refractivity contribution in [3.8, 4) is 0 Å². The fourth-order valence-corrected chi connectivity index (χ4v) is 3.82. The number of rotatable bonds is 5. The summed E-state index contributed by atoms with van der Waals surface area (Å²) < 4.78 is 31.8. The number of hydrogen-bond donors (Lipinski definition) is 0. The van der Waals surface area contributed by atoms with Gasteiger partial charge in [0.05, 0.1) is 12.1 Å². The fourth-order valence-electron chi connectivity index (χ4n) is 3.82. The summed E-state index contributed by atoms with van der Waals surface area (Å²) >= 11 is 0. The van der Waals surface area contributed by atoms with E-state index in [1.54, 1.807) is 0 Å². The van der Waals surface area contributed by atoms with Crippen LogP contribution in [-0.4, -0.2) is 43.2 Å². The first-order chi connectivity index (χ1) is 8.97. The lowest BCUT2D eigenvalue weighted by Gasteiger charge is -2.56. The van der Waals surface area contributed by atoms with Gasteiger partial charge in [-0.05, 0) is 43.9 Å². The van der Waals surface area contributed by atoms with Crippen LogP contribution in [0.2, 0.25) is 0 Å². The standard InChI is InChI=1S/C15H27F2NO/c1-4-19-12-5-7-15(8-6-12)9-18(10-15)13(11(2)3)14(16)17/h11-14H,4-10H2,1-3H3. The van der Waals surface area contributed by atoms with Gasteiger partial charge in [-0.3, -0.25) is 4.90 Å². The van der Waals surface area contributed by atoms with Crippen molar-refractivity contribution in [2.24, 2.45) is 11.3 Å². The van der Waals surface area contributed by atoms with Gasteiger partial charge in [-0.15, -0.1) is 0 Å². The van der Waals surface area contributed by atoms with E-state index in [0.29, 0.717) is 11.5 Å². The summed E-state index contributed by atoms with van der Waals surface area (Å²) in [7, 11) is 0. The van der Waals surface area contributed by atoms with Gasteiger partial charge in [0.2, 0.25) is 0 Å². The van der Waals surface area contributed by atoms with Crippen LogP contribution in [0.15, 0.2) is 0 Å². The van der Waals surface area contributed by atoms with Crippen molar-refractivity contribution in [1.82, 2.24) is 4.90 Å². The summed E-state index contributed by atoms with van der Waals surface area (Å²) in [6.45, 7) is 8.33. The molecule has 112 valence electrons. The van der Waals surface area contributed by atoms with Crippen LogP contribution in [0, 0.1) is 11.3 Å². The molecule has 0 N–H and O–H groups in total. The Morgan fingerprint density at radius 1 is 1.21 bits per heavy atom. The van der Waals surface area contributed by atoms with Crippen LogP contribution in [0.1, 0.15) is 46.5 Å². The Hall–Kier alpha value is -0.220. The Morgan fingerprint density at radius 3 is 2.21 bits per heavy atom. The summed E-state index contributed by atoms with van der Waals surface area (Å²) in [6.07, 6.45) is 2.66. The van der Waals surface area contributed by atoms with Crippen molar-refractivity contribution in [2.45, 2.75) is 65.0 Å². The summed E-state index contributed by atoms with van der Waals surface area (Å²) in [5.74, 6) is 0.0251. The number of ether oxygens (including phenoxy) is 1. The minimum Gasteiger partial charge on any atom is -0.379 e.